The second-order valence-electron chi connectivity index (χ2n) is 6.57. The van der Waals surface area contributed by atoms with Crippen molar-refractivity contribution in [3.63, 3.8) is 0 Å². The average molecular weight is 492 g/mol. The molecule has 0 bridgehead atoms. The molecule has 0 atom stereocenters. The van der Waals surface area contributed by atoms with Crippen LogP contribution in [0.2, 0.25) is 5.02 Å². The minimum atomic E-state index is -3.95. The zero-order chi connectivity index (χ0) is 24.2. The maximum Gasteiger partial charge on any atom is 0.270 e. The van der Waals surface area contributed by atoms with Gasteiger partial charge < -0.3 is 14.8 Å². The predicted octanol–water partition coefficient (Wildman–Crippen LogP) is 4.32. The molecule has 0 aliphatic heterocycles. The van der Waals surface area contributed by atoms with Gasteiger partial charge in [0.05, 0.1) is 40.3 Å². The Hall–Kier alpha value is -3.83. The van der Waals surface area contributed by atoms with Crippen molar-refractivity contribution >= 4 is 44.6 Å². The molecule has 0 spiro atoms. The molecule has 3 aromatic rings. The van der Waals surface area contributed by atoms with E-state index in [4.69, 9.17) is 21.1 Å². The molecule has 0 aliphatic carbocycles. The van der Waals surface area contributed by atoms with Gasteiger partial charge in [-0.25, -0.2) is 8.42 Å². The zero-order valence-corrected chi connectivity index (χ0v) is 18.9. The van der Waals surface area contributed by atoms with E-state index in [1.807, 2.05) is 0 Å². The Morgan fingerprint density at radius 2 is 1.70 bits per heavy atom. The topological polar surface area (TPSA) is 137 Å². The summed E-state index contributed by atoms with van der Waals surface area (Å²) in [5, 5.41) is 13.3. The number of nitro benzene ring substituents is 1. The van der Waals surface area contributed by atoms with E-state index in [0.29, 0.717) is 11.4 Å². The van der Waals surface area contributed by atoms with Crippen molar-refractivity contribution in [2.24, 2.45) is 0 Å². The van der Waals surface area contributed by atoms with Crippen LogP contribution >= 0.6 is 11.6 Å². The number of nitro groups is 1. The number of methoxy groups -OCH3 is 2. The Balaban J connectivity index is 1.76. The SMILES string of the molecule is COc1ccc(NS(=O)(=O)c2ccc(NC(=O)c3ccc([N+](=O)[O-])cc3Cl)cc2)c(OC)c1. The molecule has 0 radical (unpaired) electrons. The van der Waals surface area contributed by atoms with E-state index in [1.54, 1.807) is 12.1 Å². The van der Waals surface area contributed by atoms with E-state index in [1.165, 1.54) is 50.6 Å². The van der Waals surface area contributed by atoms with Crippen molar-refractivity contribution in [1.29, 1.82) is 0 Å². The highest BCUT2D eigenvalue weighted by Crippen LogP contribution is 2.31. The third-order valence-corrected chi connectivity index (χ3v) is 6.18. The number of nitrogens with zero attached hydrogens (tertiary/aromatic N) is 1. The monoisotopic (exact) mass is 491 g/mol. The number of nitrogens with one attached hydrogen (secondary N) is 2. The van der Waals surface area contributed by atoms with Gasteiger partial charge in [-0.15, -0.1) is 0 Å². The van der Waals surface area contributed by atoms with Crippen LogP contribution in [0, 0.1) is 10.1 Å². The standard InChI is InChI=1S/C21H18ClN3O7S/c1-31-15-6-10-19(20(12-15)32-2)24-33(29,30)16-7-3-13(4-8-16)23-21(26)17-9-5-14(25(27)28)11-18(17)22/h3-12,24H,1-2H3,(H,23,26). The highest BCUT2D eigenvalue weighted by molar-refractivity contribution is 7.92. The fraction of sp³-hybridized carbons (Fsp3) is 0.0952. The molecular weight excluding hydrogens is 474 g/mol. The number of halogens is 1. The van der Waals surface area contributed by atoms with E-state index >= 15 is 0 Å². The first-order valence-electron chi connectivity index (χ1n) is 9.25. The minimum Gasteiger partial charge on any atom is -0.497 e. The summed E-state index contributed by atoms with van der Waals surface area (Å²) in [5.74, 6) is 0.177. The van der Waals surface area contributed by atoms with Crippen molar-refractivity contribution in [3.8, 4) is 11.5 Å². The highest BCUT2D eigenvalue weighted by Gasteiger charge is 2.18. The average Bonchev–Trinajstić information content (AvgIpc) is 2.79. The zero-order valence-electron chi connectivity index (χ0n) is 17.4. The Labute approximate surface area is 194 Å². The number of hydrogen-bond acceptors (Lipinski definition) is 7. The van der Waals surface area contributed by atoms with Crippen LogP contribution in [0.1, 0.15) is 10.4 Å². The van der Waals surface area contributed by atoms with Gasteiger partial charge in [0, 0.05) is 23.9 Å². The fourth-order valence-electron chi connectivity index (χ4n) is 2.80. The minimum absolute atomic E-state index is 0.0345. The second kappa shape index (κ2) is 9.76. The summed E-state index contributed by atoms with van der Waals surface area (Å²) in [6, 6.07) is 13.5. The maximum absolute atomic E-state index is 12.8. The van der Waals surface area contributed by atoms with E-state index < -0.39 is 20.9 Å². The number of hydrogen-bond donors (Lipinski definition) is 2. The van der Waals surface area contributed by atoms with Crippen LogP contribution in [0.15, 0.2) is 65.6 Å². The van der Waals surface area contributed by atoms with Crippen molar-refractivity contribution < 1.29 is 27.6 Å². The number of sulfonamides is 1. The number of carbonyl (C=O) groups is 1. The summed E-state index contributed by atoms with van der Waals surface area (Å²) in [5.41, 5.74) is 0.318. The van der Waals surface area contributed by atoms with Crippen LogP contribution in [0.25, 0.3) is 0 Å². The number of carbonyl (C=O) groups excluding carboxylic acids is 1. The summed E-state index contributed by atoms with van der Waals surface area (Å²) in [7, 11) is -1.07. The van der Waals surface area contributed by atoms with Gasteiger partial charge in [0.1, 0.15) is 11.5 Å². The first-order valence-corrected chi connectivity index (χ1v) is 11.1. The summed E-state index contributed by atoms with van der Waals surface area (Å²) in [4.78, 5) is 22.6. The predicted molar refractivity (Wildman–Crippen MR) is 123 cm³/mol. The van der Waals surface area contributed by atoms with Gasteiger partial charge in [-0.3, -0.25) is 19.6 Å². The number of benzene rings is 3. The first kappa shape index (κ1) is 23.8. The molecule has 3 rings (SSSR count). The molecule has 172 valence electrons. The molecule has 0 fully saturated rings. The number of amides is 1. The lowest BCUT2D eigenvalue weighted by molar-refractivity contribution is -0.384. The van der Waals surface area contributed by atoms with Gasteiger partial charge in [0.25, 0.3) is 21.6 Å². The maximum atomic E-state index is 12.8. The third kappa shape index (κ3) is 5.51. The largest absolute Gasteiger partial charge is 0.497 e. The van der Waals surface area contributed by atoms with E-state index in [2.05, 4.69) is 10.0 Å². The molecule has 0 saturated carbocycles. The van der Waals surface area contributed by atoms with Gasteiger partial charge in [-0.1, -0.05) is 11.6 Å². The van der Waals surface area contributed by atoms with Gasteiger partial charge in [0.2, 0.25) is 0 Å². The summed E-state index contributed by atoms with van der Waals surface area (Å²) in [6.07, 6.45) is 0. The van der Waals surface area contributed by atoms with E-state index in [0.717, 1.165) is 12.1 Å². The second-order valence-corrected chi connectivity index (χ2v) is 8.66. The quantitative estimate of drug-likeness (QED) is 0.353. The smallest absolute Gasteiger partial charge is 0.270 e. The first-order chi connectivity index (χ1) is 15.6. The summed E-state index contributed by atoms with van der Waals surface area (Å²) in [6.45, 7) is 0. The lowest BCUT2D eigenvalue weighted by atomic mass is 10.2. The van der Waals surface area contributed by atoms with E-state index in [-0.39, 0.29) is 32.6 Å². The molecule has 0 aromatic heterocycles. The number of rotatable bonds is 8. The van der Waals surface area contributed by atoms with Gasteiger partial charge in [0.15, 0.2) is 0 Å². The number of ether oxygens (including phenoxy) is 2. The fourth-order valence-corrected chi connectivity index (χ4v) is 4.14. The molecule has 33 heavy (non-hydrogen) atoms. The molecule has 0 aliphatic rings. The molecule has 12 heteroatoms. The molecule has 0 unspecified atom stereocenters. The van der Waals surface area contributed by atoms with Crippen molar-refractivity contribution in [2.45, 2.75) is 4.90 Å². The van der Waals surface area contributed by atoms with Crippen LogP contribution in [-0.4, -0.2) is 33.5 Å². The molecular formula is C21H18ClN3O7S. The summed E-state index contributed by atoms with van der Waals surface area (Å²) >= 11 is 5.97. The van der Waals surface area contributed by atoms with Crippen molar-refractivity contribution in [1.82, 2.24) is 0 Å². The van der Waals surface area contributed by atoms with Crippen molar-refractivity contribution in [3.05, 3.63) is 81.4 Å². The molecule has 1 amide bonds. The van der Waals surface area contributed by atoms with Gasteiger partial charge in [-0.05, 0) is 42.5 Å². The van der Waals surface area contributed by atoms with Crippen LogP contribution in [-0.2, 0) is 10.0 Å². The lowest BCUT2D eigenvalue weighted by Crippen LogP contribution is -2.15. The third-order valence-electron chi connectivity index (χ3n) is 4.48. The Morgan fingerprint density at radius 1 is 1.00 bits per heavy atom. The van der Waals surface area contributed by atoms with E-state index in [9.17, 15) is 23.3 Å². The normalized spacial score (nSPS) is 10.9. The summed E-state index contributed by atoms with van der Waals surface area (Å²) < 4.78 is 38.3. The molecule has 0 heterocycles. The molecule has 10 nitrogen and oxygen atoms in total. The van der Waals surface area contributed by atoms with Gasteiger partial charge in [-0.2, -0.15) is 0 Å². The number of non-ortho nitro benzene ring substituents is 1. The Kier molecular flexibility index (Phi) is 7.04. The van der Waals surface area contributed by atoms with Crippen LogP contribution < -0.4 is 19.5 Å². The number of anilines is 2. The molecule has 3 aromatic carbocycles. The van der Waals surface area contributed by atoms with Crippen LogP contribution in [0.5, 0.6) is 11.5 Å². The Morgan fingerprint density at radius 3 is 2.27 bits per heavy atom. The van der Waals surface area contributed by atoms with Crippen molar-refractivity contribution in [2.75, 3.05) is 24.3 Å². The lowest BCUT2D eigenvalue weighted by Gasteiger charge is -2.13. The highest BCUT2D eigenvalue weighted by atomic mass is 35.5. The van der Waals surface area contributed by atoms with Gasteiger partial charge >= 0.3 is 0 Å². The van der Waals surface area contributed by atoms with Crippen LogP contribution in [0.4, 0.5) is 17.1 Å². The molecule has 2 N–H and O–H groups in total. The Bertz CT molecular complexity index is 1310. The molecule has 0 saturated heterocycles. The van der Waals surface area contributed by atoms with Crippen LogP contribution in [0.3, 0.4) is 0 Å².